The lowest BCUT2D eigenvalue weighted by molar-refractivity contribution is 0.390. The van der Waals surface area contributed by atoms with Crippen molar-refractivity contribution in [3.8, 4) is 23.8 Å². The van der Waals surface area contributed by atoms with Gasteiger partial charge in [-0.1, -0.05) is 12.0 Å². The standard InChI is InChI=1S/C18H19NO2/c1-5-14-7-6-8-15(11-14)19-13(2)17-10-9-16(20-3)12-18(17)21-4/h1,6-13,19H,2-4H3. The van der Waals surface area contributed by atoms with Gasteiger partial charge in [0.2, 0.25) is 0 Å². The van der Waals surface area contributed by atoms with Gasteiger partial charge in [0.1, 0.15) is 11.5 Å². The molecule has 3 heteroatoms. The number of hydrogen-bond donors (Lipinski definition) is 1. The number of benzene rings is 2. The van der Waals surface area contributed by atoms with E-state index in [4.69, 9.17) is 15.9 Å². The monoisotopic (exact) mass is 281 g/mol. The first-order chi connectivity index (χ1) is 10.2. The van der Waals surface area contributed by atoms with E-state index >= 15 is 0 Å². The molecule has 0 aliphatic carbocycles. The molecular formula is C18H19NO2. The van der Waals surface area contributed by atoms with Crippen LogP contribution in [0.25, 0.3) is 0 Å². The van der Waals surface area contributed by atoms with Gasteiger partial charge in [0, 0.05) is 22.9 Å². The van der Waals surface area contributed by atoms with E-state index < -0.39 is 0 Å². The van der Waals surface area contributed by atoms with E-state index in [2.05, 4.69) is 18.2 Å². The summed E-state index contributed by atoms with van der Waals surface area (Å²) < 4.78 is 10.7. The molecule has 108 valence electrons. The minimum atomic E-state index is 0.0823. The minimum Gasteiger partial charge on any atom is -0.497 e. The van der Waals surface area contributed by atoms with E-state index in [1.807, 2.05) is 42.5 Å². The molecule has 0 radical (unpaired) electrons. The number of rotatable bonds is 5. The Morgan fingerprint density at radius 2 is 1.90 bits per heavy atom. The summed E-state index contributed by atoms with van der Waals surface area (Å²) in [5, 5.41) is 3.43. The van der Waals surface area contributed by atoms with Crippen LogP contribution in [0.15, 0.2) is 42.5 Å². The quantitative estimate of drug-likeness (QED) is 0.844. The summed E-state index contributed by atoms with van der Waals surface area (Å²) in [6.07, 6.45) is 5.43. The molecule has 0 fully saturated rings. The lowest BCUT2D eigenvalue weighted by Crippen LogP contribution is -2.08. The van der Waals surface area contributed by atoms with Gasteiger partial charge in [-0.05, 0) is 37.3 Å². The smallest absolute Gasteiger partial charge is 0.127 e. The van der Waals surface area contributed by atoms with Gasteiger partial charge >= 0.3 is 0 Å². The second-order valence-corrected chi connectivity index (χ2v) is 4.70. The van der Waals surface area contributed by atoms with E-state index in [1.54, 1.807) is 14.2 Å². The average molecular weight is 281 g/mol. The average Bonchev–Trinajstić information content (AvgIpc) is 2.54. The number of nitrogens with one attached hydrogen (secondary N) is 1. The highest BCUT2D eigenvalue weighted by Gasteiger charge is 2.12. The molecule has 0 saturated carbocycles. The molecule has 1 unspecified atom stereocenters. The zero-order valence-corrected chi connectivity index (χ0v) is 12.5. The van der Waals surface area contributed by atoms with Crippen LogP contribution in [0.5, 0.6) is 11.5 Å². The summed E-state index contributed by atoms with van der Waals surface area (Å²) in [5.41, 5.74) is 2.90. The van der Waals surface area contributed by atoms with Gasteiger partial charge in [0.15, 0.2) is 0 Å². The van der Waals surface area contributed by atoms with Crippen LogP contribution in [-0.4, -0.2) is 14.2 Å². The lowest BCUT2D eigenvalue weighted by atomic mass is 10.1. The van der Waals surface area contributed by atoms with Crippen molar-refractivity contribution in [1.82, 2.24) is 0 Å². The fraction of sp³-hybridized carbons (Fsp3) is 0.222. The van der Waals surface area contributed by atoms with Gasteiger partial charge in [0.25, 0.3) is 0 Å². The van der Waals surface area contributed by atoms with E-state index in [-0.39, 0.29) is 6.04 Å². The van der Waals surface area contributed by atoms with Crippen molar-refractivity contribution < 1.29 is 9.47 Å². The molecular weight excluding hydrogens is 262 g/mol. The topological polar surface area (TPSA) is 30.5 Å². The third-order valence-electron chi connectivity index (χ3n) is 3.32. The highest BCUT2D eigenvalue weighted by atomic mass is 16.5. The molecule has 0 saturated heterocycles. The van der Waals surface area contributed by atoms with Crippen molar-refractivity contribution in [2.75, 3.05) is 19.5 Å². The molecule has 1 atom stereocenters. The third-order valence-corrected chi connectivity index (χ3v) is 3.32. The van der Waals surface area contributed by atoms with Crippen molar-refractivity contribution in [2.45, 2.75) is 13.0 Å². The van der Waals surface area contributed by atoms with Crippen molar-refractivity contribution >= 4 is 5.69 Å². The predicted molar refractivity (Wildman–Crippen MR) is 86.0 cm³/mol. The molecule has 0 heterocycles. The third kappa shape index (κ3) is 3.49. The molecule has 0 spiro atoms. The van der Waals surface area contributed by atoms with Gasteiger partial charge in [-0.2, -0.15) is 0 Å². The Kier molecular flexibility index (Phi) is 4.73. The van der Waals surface area contributed by atoms with Gasteiger partial charge in [-0.25, -0.2) is 0 Å². The van der Waals surface area contributed by atoms with Crippen molar-refractivity contribution in [2.24, 2.45) is 0 Å². The maximum atomic E-state index is 5.44. The summed E-state index contributed by atoms with van der Waals surface area (Å²) in [6, 6.07) is 13.7. The van der Waals surface area contributed by atoms with Crippen molar-refractivity contribution in [1.29, 1.82) is 0 Å². The van der Waals surface area contributed by atoms with Crippen LogP contribution in [0.3, 0.4) is 0 Å². The minimum absolute atomic E-state index is 0.0823. The first kappa shape index (κ1) is 14.8. The summed E-state index contributed by atoms with van der Waals surface area (Å²) >= 11 is 0. The number of hydrogen-bond acceptors (Lipinski definition) is 3. The van der Waals surface area contributed by atoms with Gasteiger partial charge < -0.3 is 14.8 Å². The first-order valence-corrected chi connectivity index (χ1v) is 6.73. The van der Waals surface area contributed by atoms with Gasteiger partial charge in [-0.3, -0.25) is 0 Å². The van der Waals surface area contributed by atoms with Crippen molar-refractivity contribution in [3.63, 3.8) is 0 Å². The zero-order chi connectivity index (χ0) is 15.2. The molecule has 0 aliphatic rings. The summed E-state index contributed by atoms with van der Waals surface area (Å²) in [5.74, 6) is 4.21. The number of ether oxygens (including phenoxy) is 2. The fourth-order valence-corrected chi connectivity index (χ4v) is 2.20. The maximum absolute atomic E-state index is 5.44. The Balaban J connectivity index is 2.23. The van der Waals surface area contributed by atoms with Crippen LogP contribution in [0, 0.1) is 12.3 Å². The molecule has 0 aliphatic heterocycles. The summed E-state index contributed by atoms with van der Waals surface area (Å²) in [4.78, 5) is 0. The van der Waals surface area contributed by atoms with Crippen LogP contribution in [-0.2, 0) is 0 Å². The highest BCUT2D eigenvalue weighted by Crippen LogP contribution is 2.31. The number of terminal acetylenes is 1. The molecule has 1 N–H and O–H groups in total. The van der Waals surface area contributed by atoms with E-state index in [1.165, 1.54) is 0 Å². The molecule has 3 nitrogen and oxygen atoms in total. The Morgan fingerprint density at radius 1 is 1.10 bits per heavy atom. The molecule has 0 amide bonds. The van der Waals surface area contributed by atoms with E-state index in [0.717, 1.165) is 28.3 Å². The van der Waals surface area contributed by atoms with Gasteiger partial charge in [-0.15, -0.1) is 6.42 Å². The second kappa shape index (κ2) is 6.71. The molecule has 2 rings (SSSR count). The second-order valence-electron chi connectivity index (χ2n) is 4.70. The molecule has 2 aromatic rings. The normalized spacial score (nSPS) is 11.3. The Morgan fingerprint density at radius 3 is 2.57 bits per heavy atom. The Labute approximate surface area is 125 Å². The maximum Gasteiger partial charge on any atom is 0.127 e. The Bertz CT molecular complexity index is 659. The Hall–Kier alpha value is -2.60. The predicted octanol–water partition coefficient (Wildman–Crippen LogP) is 3.86. The SMILES string of the molecule is C#Cc1cccc(NC(C)c2ccc(OC)cc2OC)c1. The lowest BCUT2D eigenvalue weighted by Gasteiger charge is -2.19. The van der Waals surface area contributed by atoms with Gasteiger partial charge in [0.05, 0.1) is 20.3 Å². The highest BCUT2D eigenvalue weighted by molar-refractivity contribution is 5.53. The molecule has 0 bridgehead atoms. The van der Waals surface area contributed by atoms with Crippen LogP contribution in [0.4, 0.5) is 5.69 Å². The molecule has 0 aromatic heterocycles. The fourth-order valence-electron chi connectivity index (χ4n) is 2.20. The summed E-state index contributed by atoms with van der Waals surface area (Å²) in [7, 11) is 3.30. The van der Waals surface area contributed by atoms with Crippen LogP contribution < -0.4 is 14.8 Å². The number of methoxy groups -OCH3 is 2. The van der Waals surface area contributed by atoms with Crippen molar-refractivity contribution in [3.05, 3.63) is 53.6 Å². The van der Waals surface area contributed by atoms with E-state index in [9.17, 15) is 0 Å². The number of anilines is 1. The summed E-state index contributed by atoms with van der Waals surface area (Å²) in [6.45, 7) is 2.08. The van der Waals surface area contributed by atoms with Crippen LogP contribution >= 0.6 is 0 Å². The first-order valence-electron chi connectivity index (χ1n) is 6.73. The van der Waals surface area contributed by atoms with Crippen LogP contribution in [0.2, 0.25) is 0 Å². The van der Waals surface area contributed by atoms with Crippen LogP contribution in [0.1, 0.15) is 24.1 Å². The zero-order valence-electron chi connectivity index (χ0n) is 12.5. The molecule has 21 heavy (non-hydrogen) atoms. The van der Waals surface area contributed by atoms with E-state index in [0.29, 0.717) is 0 Å². The molecule has 2 aromatic carbocycles. The largest absolute Gasteiger partial charge is 0.497 e.